The van der Waals surface area contributed by atoms with Crippen LogP contribution in [0.25, 0.3) is 11.3 Å². The number of nitrogens with zero attached hydrogens (tertiary/aromatic N) is 2. The minimum Gasteiger partial charge on any atom is -0.240 e. The molecule has 0 fully saturated rings. The molecule has 0 spiro atoms. The van der Waals surface area contributed by atoms with Crippen LogP contribution in [0, 0.1) is 18.3 Å². The van der Waals surface area contributed by atoms with E-state index in [1.807, 2.05) is 19.1 Å². The number of hydrogen-bond donors (Lipinski definition) is 0. The van der Waals surface area contributed by atoms with E-state index in [-0.39, 0.29) is 0 Å². The highest BCUT2D eigenvalue weighted by atomic mass is 32.1. The van der Waals surface area contributed by atoms with E-state index in [1.165, 1.54) is 16.9 Å². The maximum Gasteiger partial charge on any atom is 0.132 e. The van der Waals surface area contributed by atoms with Crippen molar-refractivity contribution in [2.75, 3.05) is 0 Å². The maximum absolute atomic E-state index is 9.01. The first-order valence-electron chi connectivity index (χ1n) is 5.21. The Morgan fingerprint density at radius 3 is 2.56 bits per heavy atom. The van der Waals surface area contributed by atoms with Gasteiger partial charge < -0.3 is 0 Å². The van der Waals surface area contributed by atoms with Crippen molar-refractivity contribution in [2.24, 2.45) is 0 Å². The standard InChI is InChI=1S/C13H12N2S/c1-3-10-4-6-11(7-5-10)13-12(8-14)16-9(2)15-13/h4-7H,3H2,1-2H3. The second-order valence-electron chi connectivity index (χ2n) is 3.57. The lowest BCUT2D eigenvalue weighted by Crippen LogP contribution is -1.84. The summed E-state index contributed by atoms with van der Waals surface area (Å²) in [7, 11) is 0. The van der Waals surface area contributed by atoms with Gasteiger partial charge in [0.25, 0.3) is 0 Å². The number of benzene rings is 1. The zero-order valence-electron chi connectivity index (χ0n) is 9.32. The first-order chi connectivity index (χ1) is 7.74. The fourth-order valence-corrected chi connectivity index (χ4v) is 2.33. The van der Waals surface area contributed by atoms with Crippen LogP contribution in [-0.4, -0.2) is 4.98 Å². The summed E-state index contributed by atoms with van der Waals surface area (Å²) >= 11 is 1.45. The molecule has 0 unspecified atom stereocenters. The summed E-state index contributed by atoms with van der Waals surface area (Å²) < 4.78 is 0. The van der Waals surface area contributed by atoms with Crippen molar-refractivity contribution in [3.05, 3.63) is 39.7 Å². The molecular weight excluding hydrogens is 216 g/mol. The molecule has 0 amide bonds. The fraction of sp³-hybridized carbons (Fsp3) is 0.231. The van der Waals surface area contributed by atoms with Gasteiger partial charge in [-0.15, -0.1) is 11.3 Å². The van der Waals surface area contributed by atoms with E-state index in [9.17, 15) is 0 Å². The Morgan fingerprint density at radius 2 is 2.00 bits per heavy atom. The zero-order valence-corrected chi connectivity index (χ0v) is 10.1. The van der Waals surface area contributed by atoms with Gasteiger partial charge in [0.2, 0.25) is 0 Å². The summed E-state index contributed by atoms with van der Waals surface area (Å²) in [5.41, 5.74) is 3.14. The third-order valence-corrected chi connectivity index (χ3v) is 3.35. The third kappa shape index (κ3) is 1.98. The minimum absolute atomic E-state index is 0.696. The average Bonchev–Trinajstić information content (AvgIpc) is 2.70. The highest BCUT2D eigenvalue weighted by molar-refractivity contribution is 7.12. The van der Waals surface area contributed by atoms with Crippen molar-refractivity contribution in [3.63, 3.8) is 0 Å². The minimum atomic E-state index is 0.696. The third-order valence-electron chi connectivity index (χ3n) is 2.47. The van der Waals surface area contributed by atoms with Crippen LogP contribution in [0.3, 0.4) is 0 Å². The summed E-state index contributed by atoms with van der Waals surface area (Å²) in [6, 6.07) is 10.4. The van der Waals surface area contributed by atoms with Gasteiger partial charge in [0.15, 0.2) is 0 Å². The second-order valence-corrected chi connectivity index (χ2v) is 4.78. The van der Waals surface area contributed by atoms with Crippen LogP contribution in [-0.2, 0) is 6.42 Å². The Morgan fingerprint density at radius 1 is 1.31 bits per heavy atom. The lowest BCUT2D eigenvalue weighted by Gasteiger charge is -1.99. The van der Waals surface area contributed by atoms with Gasteiger partial charge >= 0.3 is 0 Å². The molecule has 0 atom stereocenters. The monoisotopic (exact) mass is 228 g/mol. The summed E-state index contributed by atoms with van der Waals surface area (Å²) in [4.78, 5) is 5.10. The molecule has 0 saturated carbocycles. The normalized spacial score (nSPS) is 10.1. The van der Waals surface area contributed by atoms with Crippen LogP contribution in [0.4, 0.5) is 0 Å². The van der Waals surface area contributed by atoms with Gasteiger partial charge in [0.05, 0.1) is 10.7 Å². The summed E-state index contributed by atoms with van der Waals surface area (Å²) in [6.45, 7) is 4.05. The zero-order chi connectivity index (χ0) is 11.5. The molecule has 0 N–H and O–H groups in total. The number of aryl methyl sites for hydroxylation is 2. The van der Waals surface area contributed by atoms with Crippen molar-refractivity contribution in [2.45, 2.75) is 20.3 Å². The van der Waals surface area contributed by atoms with Crippen molar-refractivity contribution in [3.8, 4) is 17.3 Å². The molecule has 0 bridgehead atoms. The molecule has 2 nitrogen and oxygen atoms in total. The van der Waals surface area contributed by atoms with E-state index in [1.54, 1.807) is 0 Å². The predicted octanol–water partition coefficient (Wildman–Crippen LogP) is 3.55. The lowest BCUT2D eigenvalue weighted by atomic mass is 10.1. The molecule has 1 aromatic heterocycles. The molecular formula is C13H12N2S. The van der Waals surface area contributed by atoms with E-state index in [2.05, 4.69) is 30.1 Å². The quantitative estimate of drug-likeness (QED) is 0.788. The average molecular weight is 228 g/mol. The van der Waals surface area contributed by atoms with Crippen molar-refractivity contribution in [1.82, 2.24) is 4.98 Å². The summed E-state index contributed by atoms with van der Waals surface area (Å²) in [5, 5.41) is 9.95. The largest absolute Gasteiger partial charge is 0.240 e. The number of rotatable bonds is 2. The Balaban J connectivity index is 2.46. The molecule has 3 heteroatoms. The van der Waals surface area contributed by atoms with E-state index < -0.39 is 0 Å². The topological polar surface area (TPSA) is 36.7 Å². The molecule has 16 heavy (non-hydrogen) atoms. The molecule has 0 aliphatic carbocycles. The molecule has 80 valence electrons. The highest BCUT2D eigenvalue weighted by Gasteiger charge is 2.10. The second kappa shape index (κ2) is 4.46. The van der Waals surface area contributed by atoms with Gasteiger partial charge in [-0.1, -0.05) is 31.2 Å². The van der Waals surface area contributed by atoms with Gasteiger partial charge in [0, 0.05) is 5.56 Å². The number of nitriles is 1. The van der Waals surface area contributed by atoms with Gasteiger partial charge in [-0.05, 0) is 18.9 Å². The van der Waals surface area contributed by atoms with Gasteiger partial charge in [-0.3, -0.25) is 0 Å². The molecule has 0 radical (unpaired) electrons. The Labute approximate surface area is 99.2 Å². The van der Waals surface area contributed by atoms with E-state index in [0.29, 0.717) is 4.88 Å². The van der Waals surface area contributed by atoms with Gasteiger partial charge in [0.1, 0.15) is 10.9 Å². The molecule has 0 aliphatic rings. The van der Waals surface area contributed by atoms with E-state index >= 15 is 0 Å². The first kappa shape index (κ1) is 10.8. The SMILES string of the molecule is CCc1ccc(-c2nc(C)sc2C#N)cc1. The van der Waals surface area contributed by atoms with Crippen molar-refractivity contribution < 1.29 is 0 Å². The molecule has 1 heterocycles. The Bertz CT molecular complexity index is 532. The van der Waals surface area contributed by atoms with E-state index in [4.69, 9.17) is 5.26 Å². The smallest absolute Gasteiger partial charge is 0.132 e. The maximum atomic E-state index is 9.01. The molecule has 0 saturated heterocycles. The summed E-state index contributed by atoms with van der Waals surface area (Å²) in [6.07, 6.45) is 1.03. The Kier molecular flexibility index (Phi) is 3.02. The molecule has 1 aromatic carbocycles. The van der Waals surface area contributed by atoms with Crippen LogP contribution in [0.5, 0.6) is 0 Å². The van der Waals surface area contributed by atoms with Gasteiger partial charge in [-0.2, -0.15) is 5.26 Å². The van der Waals surface area contributed by atoms with Crippen molar-refractivity contribution >= 4 is 11.3 Å². The highest BCUT2D eigenvalue weighted by Crippen LogP contribution is 2.27. The molecule has 2 aromatic rings. The number of aromatic nitrogens is 1. The first-order valence-corrected chi connectivity index (χ1v) is 6.03. The van der Waals surface area contributed by atoms with Crippen LogP contribution >= 0.6 is 11.3 Å². The van der Waals surface area contributed by atoms with Crippen LogP contribution in [0.2, 0.25) is 0 Å². The number of thiazole rings is 1. The molecule has 2 rings (SSSR count). The fourth-order valence-electron chi connectivity index (χ4n) is 1.60. The van der Waals surface area contributed by atoms with Crippen LogP contribution < -0.4 is 0 Å². The Hall–Kier alpha value is -1.66. The summed E-state index contributed by atoms with van der Waals surface area (Å²) in [5.74, 6) is 0. The van der Waals surface area contributed by atoms with E-state index in [0.717, 1.165) is 22.7 Å². The number of hydrogen-bond acceptors (Lipinski definition) is 3. The van der Waals surface area contributed by atoms with Crippen LogP contribution in [0.1, 0.15) is 22.4 Å². The molecule has 0 aliphatic heterocycles. The van der Waals surface area contributed by atoms with Crippen molar-refractivity contribution in [1.29, 1.82) is 5.26 Å². The lowest BCUT2D eigenvalue weighted by molar-refractivity contribution is 1.14. The van der Waals surface area contributed by atoms with Gasteiger partial charge in [-0.25, -0.2) is 4.98 Å². The predicted molar refractivity (Wildman–Crippen MR) is 66.4 cm³/mol. The van der Waals surface area contributed by atoms with Crippen LogP contribution in [0.15, 0.2) is 24.3 Å².